The van der Waals surface area contributed by atoms with Crippen molar-refractivity contribution < 1.29 is 14.3 Å². The zero-order valence-electron chi connectivity index (χ0n) is 14.2. The number of nitrogens with one attached hydrogen (secondary N) is 1. The number of ether oxygens (including phenoxy) is 1. The Balaban J connectivity index is 1.82. The molecule has 3 rings (SSSR count). The van der Waals surface area contributed by atoms with Crippen LogP contribution < -0.4 is 10.1 Å². The molecular weight excluding hydrogens is 452 g/mol. The monoisotopic (exact) mass is 464 g/mol. The van der Waals surface area contributed by atoms with Gasteiger partial charge in [-0.3, -0.25) is 9.59 Å². The van der Waals surface area contributed by atoms with Gasteiger partial charge in [-0.2, -0.15) is 4.99 Å². The van der Waals surface area contributed by atoms with Crippen molar-refractivity contribution in [3.8, 4) is 5.75 Å². The number of amidine groups is 1. The number of aliphatic imine (C=N–C) groups is 1. The van der Waals surface area contributed by atoms with E-state index in [2.05, 4.69) is 26.2 Å². The Morgan fingerprint density at radius 1 is 1.33 bits per heavy atom. The van der Waals surface area contributed by atoms with Gasteiger partial charge in [0, 0.05) is 27.5 Å². The number of carbonyl (C=O) groups is 2. The van der Waals surface area contributed by atoms with Crippen LogP contribution in [0.25, 0.3) is 6.08 Å². The van der Waals surface area contributed by atoms with Gasteiger partial charge in [0.1, 0.15) is 12.4 Å². The summed E-state index contributed by atoms with van der Waals surface area (Å²) >= 11 is 10.7. The minimum atomic E-state index is -0.402. The molecular formula is C19H14BrClN2O3S. The van der Waals surface area contributed by atoms with Gasteiger partial charge in [0.05, 0.1) is 4.91 Å². The molecule has 1 heterocycles. The molecule has 0 fully saturated rings. The average molecular weight is 466 g/mol. The topological polar surface area (TPSA) is 67.8 Å². The second-order valence-electron chi connectivity index (χ2n) is 5.58. The smallest absolute Gasteiger partial charge is 0.286 e. The fourth-order valence-electron chi connectivity index (χ4n) is 2.29. The highest BCUT2D eigenvalue weighted by atomic mass is 79.9. The van der Waals surface area contributed by atoms with Crippen LogP contribution in [0.4, 0.5) is 0 Å². The van der Waals surface area contributed by atoms with Gasteiger partial charge >= 0.3 is 0 Å². The number of amides is 2. The van der Waals surface area contributed by atoms with Crippen LogP contribution in [0.3, 0.4) is 0 Å². The summed E-state index contributed by atoms with van der Waals surface area (Å²) in [6.07, 6.45) is 1.69. The molecule has 2 aromatic rings. The number of hydrogen-bond acceptors (Lipinski definition) is 4. The minimum absolute atomic E-state index is 0.271. The lowest BCUT2D eigenvalue weighted by molar-refractivity contribution is -0.117. The molecule has 0 saturated heterocycles. The summed E-state index contributed by atoms with van der Waals surface area (Å²) in [5.74, 6) is -0.0747. The van der Waals surface area contributed by atoms with E-state index in [1.165, 1.54) is 6.92 Å². The second kappa shape index (κ2) is 8.73. The van der Waals surface area contributed by atoms with Crippen LogP contribution in [0.15, 0.2) is 56.8 Å². The van der Waals surface area contributed by atoms with Crippen LogP contribution in [0.1, 0.15) is 18.1 Å². The molecule has 138 valence electrons. The molecule has 0 saturated carbocycles. The van der Waals surface area contributed by atoms with Gasteiger partial charge in [0.15, 0.2) is 5.17 Å². The fraction of sp³-hybridized carbons (Fsp3) is 0.105. The number of rotatable bonds is 4. The quantitative estimate of drug-likeness (QED) is 0.659. The Morgan fingerprint density at radius 2 is 2.11 bits per heavy atom. The third kappa shape index (κ3) is 5.22. The van der Waals surface area contributed by atoms with E-state index in [4.69, 9.17) is 16.3 Å². The van der Waals surface area contributed by atoms with E-state index in [0.717, 1.165) is 21.8 Å². The maximum Gasteiger partial charge on any atom is 0.286 e. The summed E-state index contributed by atoms with van der Waals surface area (Å²) in [4.78, 5) is 27.5. The number of thioether (sulfide) groups is 1. The highest BCUT2D eigenvalue weighted by molar-refractivity contribution is 9.10. The highest BCUT2D eigenvalue weighted by Gasteiger charge is 2.23. The first-order valence-corrected chi connectivity index (χ1v) is 9.87. The van der Waals surface area contributed by atoms with Crippen LogP contribution in [-0.2, 0) is 16.2 Å². The summed E-state index contributed by atoms with van der Waals surface area (Å²) in [6, 6.07) is 13.0. The zero-order valence-corrected chi connectivity index (χ0v) is 17.3. The van der Waals surface area contributed by atoms with Gasteiger partial charge in [-0.1, -0.05) is 45.7 Å². The highest BCUT2D eigenvalue weighted by Crippen LogP contribution is 2.32. The summed E-state index contributed by atoms with van der Waals surface area (Å²) in [5.41, 5.74) is 1.58. The van der Waals surface area contributed by atoms with Gasteiger partial charge < -0.3 is 10.1 Å². The maximum absolute atomic E-state index is 12.1. The van der Waals surface area contributed by atoms with Crippen LogP contribution in [0, 0.1) is 0 Å². The van der Waals surface area contributed by atoms with Gasteiger partial charge in [0.25, 0.3) is 5.91 Å². The first kappa shape index (κ1) is 19.7. The third-order valence-corrected chi connectivity index (χ3v) is 5.26. The van der Waals surface area contributed by atoms with Crippen molar-refractivity contribution >= 4 is 62.4 Å². The Hall–Kier alpha value is -2.09. The van der Waals surface area contributed by atoms with Crippen molar-refractivity contribution in [1.29, 1.82) is 0 Å². The first-order valence-electron chi connectivity index (χ1n) is 7.88. The SMILES string of the molecule is CC(=O)NC1=NC(=O)C(=Cc2cc(Br)ccc2OCc2ccccc2Cl)S1. The van der Waals surface area contributed by atoms with Crippen molar-refractivity contribution in [3.63, 3.8) is 0 Å². The van der Waals surface area contributed by atoms with Gasteiger partial charge in [-0.15, -0.1) is 0 Å². The molecule has 0 bridgehead atoms. The second-order valence-corrected chi connectivity index (χ2v) is 7.93. The van der Waals surface area contributed by atoms with E-state index in [-0.39, 0.29) is 11.1 Å². The number of halogens is 2. The van der Waals surface area contributed by atoms with Crippen molar-refractivity contribution in [2.75, 3.05) is 0 Å². The van der Waals surface area contributed by atoms with Crippen molar-refractivity contribution in [3.05, 3.63) is 68.0 Å². The maximum atomic E-state index is 12.1. The molecule has 1 N–H and O–H groups in total. The molecule has 0 atom stereocenters. The van der Waals surface area contributed by atoms with Crippen LogP contribution in [-0.4, -0.2) is 17.0 Å². The third-order valence-electron chi connectivity index (χ3n) is 3.50. The van der Waals surface area contributed by atoms with Gasteiger partial charge in [-0.25, -0.2) is 0 Å². The Morgan fingerprint density at radius 3 is 2.85 bits per heavy atom. The van der Waals surface area contributed by atoms with E-state index in [1.54, 1.807) is 12.1 Å². The standard InChI is InChI=1S/C19H14BrClN2O3S/c1-11(24)22-19-23-18(25)17(27-19)9-13-8-14(20)6-7-16(13)26-10-12-4-2-3-5-15(12)21/h2-9H,10H2,1H3,(H,22,23,24,25). The average Bonchev–Trinajstić information content (AvgIpc) is 2.94. The molecule has 2 amide bonds. The number of carbonyl (C=O) groups excluding carboxylic acids is 2. The van der Waals surface area contributed by atoms with E-state index in [0.29, 0.717) is 27.8 Å². The molecule has 27 heavy (non-hydrogen) atoms. The summed E-state index contributed by atoms with van der Waals surface area (Å²) < 4.78 is 6.76. The molecule has 8 heteroatoms. The molecule has 0 radical (unpaired) electrons. The van der Waals surface area contributed by atoms with E-state index < -0.39 is 5.91 Å². The van der Waals surface area contributed by atoms with Gasteiger partial charge in [-0.05, 0) is 42.1 Å². The Labute approximate surface area is 174 Å². The number of nitrogens with zero attached hydrogens (tertiary/aromatic N) is 1. The van der Waals surface area contributed by atoms with Crippen LogP contribution >= 0.6 is 39.3 Å². The molecule has 0 aliphatic carbocycles. The lowest BCUT2D eigenvalue weighted by Gasteiger charge is -2.11. The van der Waals surface area contributed by atoms with Crippen molar-refractivity contribution in [2.24, 2.45) is 4.99 Å². The Kier molecular flexibility index (Phi) is 6.36. The lowest BCUT2D eigenvalue weighted by Crippen LogP contribution is -2.23. The molecule has 0 unspecified atom stereocenters. The van der Waals surface area contributed by atoms with E-state index in [1.807, 2.05) is 36.4 Å². The molecule has 1 aliphatic rings. The minimum Gasteiger partial charge on any atom is -0.488 e. The predicted octanol–water partition coefficient (Wildman–Crippen LogP) is 4.79. The molecule has 2 aromatic carbocycles. The number of hydrogen-bond donors (Lipinski definition) is 1. The largest absolute Gasteiger partial charge is 0.488 e. The van der Waals surface area contributed by atoms with Crippen molar-refractivity contribution in [2.45, 2.75) is 13.5 Å². The van der Waals surface area contributed by atoms with E-state index >= 15 is 0 Å². The zero-order chi connectivity index (χ0) is 19.4. The van der Waals surface area contributed by atoms with Crippen molar-refractivity contribution in [1.82, 2.24) is 5.32 Å². The first-order chi connectivity index (χ1) is 12.9. The Bertz CT molecular complexity index is 975. The molecule has 0 aromatic heterocycles. The molecule has 0 spiro atoms. The molecule has 1 aliphatic heterocycles. The number of benzene rings is 2. The predicted molar refractivity (Wildman–Crippen MR) is 112 cm³/mol. The molecule has 5 nitrogen and oxygen atoms in total. The van der Waals surface area contributed by atoms with E-state index in [9.17, 15) is 9.59 Å². The summed E-state index contributed by atoms with van der Waals surface area (Å²) in [6.45, 7) is 1.66. The van der Waals surface area contributed by atoms with Gasteiger partial charge in [0.2, 0.25) is 5.91 Å². The van der Waals surface area contributed by atoms with Crippen LogP contribution in [0.5, 0.6) is 5.75 Å². The normalized spacial score (nSPS) is 15.0. The lowest BCUT2D eigenvalue weighted by atomic mass is 10.2. The summed E-state index contributed by atoms with van der Waals surface area (Å²) in [7, 11) is 0. The van der Waals surface area contributed by atoms with Crippen LogP contribution in [0.2, 0.25) is 5.02 Å². The summed E-state index contributed by atoms with van der Waals surface area (Å²) in [5, 5.41) is 3.42. The fourth-order valence-corrected chi connectivity index (χ4v) is 3.71.